The number of nitriles is 1. The SMILES string of the molecule is COc1cc(C2C(C#N)=C(N)Oc3cc(OC(=O)COc4cccc(Cl)c4)ccc32)ccc1OCc1ccccc1F. The first-order valence-electron chi connectivity index (χ1n) is 12.7. The van der Waals surface area contributed by atoms with Crippen LogP contribution in [0.4, 0.5) is 4.39 Å². The Morgan fingerprint density at radius 2 is 1.83 bits per heavy atom. The summed E-state index contributed by atoms with van der Waals surface area (Å²) in [5.41, 5.74) is 8.04. The highest BCUT2D eigenvalue weighted by molar-refractivity contribution is 6.30. The van der Waals surface area contributed by atoms with Crippen molar-refractivity contribution in [2.45, 2.75) is 12.5 Å². The molecule has 0 fully saturated rings. The van der Waals surface area contributed by atoms with Gasteiger partial charge in [-0.2, -0.15) is 5.26 Å². The van der Waals surface area contributed by atoms with E-state index in [0.29, 0.717) is 44.7 Å². The van der Waals surface area contributed by atoms with Crippen LogP contribution in [0, 0.1) is 17.1 Å². The Morgan fingerprint density at radius 1 is 1.00 bits per heavy atom. The van der Waals surface area contributed by atoms with Crippen LogP contribution in [0.25, 0.3) is 0 Å². The first-order valence-corrected chi connectivity index (χ1v) is 13.1. The van der Waals surface area contributed by atoms with E-state index in [1.807, 2.05) is 0 Å². The van der Waals surface area contributed by atoms with E-state index in [-0.39, 0.29) is 36.2 Å². The van der Waals surface area contributed by atoms with E-state index in [9.17, 15) is 14.4 Å². The van der Waals surface area contributed by atoms with E-state index in [0.717, 1.165) is 0 Å². The molecule has 1 aliphatic heterocycles. The molecule has 0 amide bonds. The fraction of sp³-hybridized carbons (Fsp3) is 0.125. The van der Waals surface area contributed by atoms with Crippen molar-refractivity contribution in [1.29, 1.82) is 5.26 Å². The van der Waals surface area contributed by atoms with E-state index in [1.54, 1.807) is 72.8 Å². The van der Waals surface area contributed by atoms with Gasteiger partial charge in [-0.15, -0.1) is 0 Å². The number of fused-ring (bicyclic) bond motifs is 1. The third-order valence-corrected chi connectivity index (χ3v) is 6.67. The van der Waals surface area contributed by atoms with Gasteiger partial charge in [0, 0.05) is 22.2 Å². The molecule has 1 heterocycles. The van der Waals surface area contributed by atoms with Gasteiger partial charge in [-0.25, -0.2) is 9.18 Å². The van der Waals surface area contributed by atoms with E-state index in [4.69, 9.17) is 41.0 Å². The van der Waals surface area contributed by atoms with Gasteiger partial charge in [0.1, 0.15) is 41.3 Å². The smallest absolute Gasteiger partial charge is 0.349 e. The Kier molecular flexibility index (Phi) is 8.46. The predicted octanol–water partition coefficient (Wildman–Crippen LogP) is 6.27. The van der Waals surface area contributed by atoms with Crippen molar-refractivity contribution in [2.75, 3.05) is 13.7 Å². The number of hydrogen-bond acceptors (Lipinski definition) is 8. The number of methoxy groups -OCH3 is 1. The minimum absolute atomic E-state index is 0.00438. The van der Waals surface area contributed by atoms with Gasteiger partial charge in [-0.3, -0.25) is 0 Å². The predicted molar refractivity (Wildman–Crippen MR) is 152 cm³/mol. The summed E-state index contributed by atoms with van der Waals surface area (Å²) >= 11 is 5.94. The standard InChI is InChI=1S/C32H24ClFN2O6/c1-38-29-13-19(9-12-27(29)40-17-20-5-2-3-8-26(20)34)31-24-11-10-23(15-28(24)42-32(36)25(31)16-35)41-30(37)18-39-22-7-4-6-21(33)14-22/h2-15,31H,17-18,36H2,1H3. The summed E-state index contributed by atoms with van der Waals surface area (Å²) in [6.07, 6.45) is 0. The zero-order valence-corrected chi connectivity index (χ0v) is 23.1. The Morgan fingerprint density at radius 3 is 2.60 bits per heavy atom. The molecule has 4 aromatic carbocycles. The summed E-state index contributed by atoms with van der Waals surface area (Å²) in [4.78, 5) is 12.4. The van der Waals surface area contributed by atoms with Crippen LogP contribution in [0.3, 0.4) is 0 Å². The number of allylic oxidation sites excluding steroid dienone is 1. The molecule has 0 spiro atoms. The fourth-order valence-corrected chi connectivity index (χ4v) is 4.64. The molecule has 0 radical (unpaired) electrons. The minimum Gasteiger partial charge on any atom is -0.493 e. The quantitative estimate of drug-likeness (QED) is 0.180. The number of hydrogen-bond donors (Lipinski definition) is 1. The molecule has 0 bridgehead atoms. The van der Waals surface area contributed by atoms with Crippen molar-refractivity contribution in [3.63, 3.8) is 0 Å². The van der Waals surface area contributed by atoms with Gasteiger partial charge in [-0.05, 0) is 48.0 Å². The lowest BCUT2D eigenvalue weighted by atomic mass is 9.83. The third-order valence-electron chi connectivity index (χ3n) is 6.44. The van der Waals surface area contributed by atoms with Gasteiger partial charge in [0.05, 0.1) is 13.0 Å². The van der Waals surface area contributed by atoms with Crippen molar-refractivity contribution >= 4 is 17.6 Å². The molecule has 1 unspecified atom stereocenters. The number of nitrogens with zero attached hydrogens (tertiary/aromatic N) is 1. The lowest BCUT2D eigenvalue weighted by molar-refractivity contribution is -0.136. The molecule has 4 aromatic rings. The van der Waals surface area contributed by atoms with Crippen molar-refractivity contribution in [2.24, 2.45) is 5.73 Å². The van der Waals surface area contributed by atoms with E-state index in [2.05, 4.69) is 6.07 Å². The van der Waals surface area contributed by atoms with Crippen molar-refractivity contribution in [3.8, 4) is 34.8 Å². The maximum Gasteiger partial charge on any atom is 0.349 e. The molecule has 5 rings (SSSR count). The van der Waals surface area contributed by atoms with Crippen LogP contribution in [0.1, 0.15) is 22.6 Å². The zero-order valence-electron chi connectivity index (χ0n) is 22.3. The topological polar surface area (TPSA) is 113 Å². The monoisotopic (exact) mass is 586 g/mol. The Balaban J connectivity index is 1.36. The molecule has 0 saturated heterocycles. The van der Waals surface area contributed by atoms with Gasteiger partial charge in [-0.1, -0.05) is 48.0 Å². The molecule has 2 N–H and O–H groups in total. The van der Waals surface area contributed by atoms with E-state index >= 15 is 0 Å². The first-order chi connectivity index (χ1) is 20.4. The summed E-state index contributed by atoms with van der Waals surface area (Å²) in [7, 11) is 1.49. The average Bonchev–Trinajstić information content (AvgIpc) is 2.99. The minimum atomic E-state index is -0.640. The van der Waals surface area contributed by atoms with Crippen LogP contribution in [0.15, 0.2) is 96.4 Å². The van der Waals surface area contributed by atoms with Gasteiger partial charge in [0.25, 0.3) is 0 Å². The van der Waals surface area contributed by atoms with Crippen molar-refractivity contribution in [3.05, 3.63) is 124 Å². The lowest BCUT2D eigenvalue weighted by Gasteiger charge is -2.27. The maximum atomic E-state index is 14.1. The summed E-state index contributed by atoms with van der Waals surface area (Å²) < 4.78 is 42.0. The molecular formula is C32H24ClFN2O6. The molecule has 1 aliphatic rings. The second-order valence-electron chi connectivity index (χ2n) is 9.13. The number of carbonyl (C=O) groups is 1. The fourth-order valence-electron chi connectivity index (χ4n) is 4.46. The molecule has 1 atom stereocenters. The molecular weight excluding hydrogens is 563 g/mol. The highest BCUT2D eigenvalue weighted by Gasteiger charge is 2.32. The van der Waals surface area contributed by atoms with Gasteiger partial charge >= 0.3 is 5.97 Å². The first kappa shape index (κ1) is 28.3. The molecule has 212 valence electrons. The second kappa shape index (κ2) is 12.5. The number of benzene rings is 4. The number of esters is 1. The maximum absolute atomic E-state index is 14.1. The van der Waals surface area contributed by atoms with Crippen LogP contribution >= 0.6 is 11.6 Å². The second-order valence-corrected chi connectivity index (χ2v) is 9.57. The Bertz CT molecular complexity index is 1720. The molecule has 0 aliphatic carbocycles. The lowest BCUT2D eigenvalue weighted by Crippen LogP contribution is -2.22. The van der Waals surface area contributed by atoms with Crippen LogP contribution < -0.4 is 29.4 Å². The van der Waals surface area contributed by atoms with E-state index < -0.39 is 11.9 Å². The normalized spacial score (nSPS) is 13.8. The van der Waals surface area contributed by atoms with Crippen LogP contribution in [-0.2, 0) is 11.4 Å². The van der Waals surface area contributed by atoms with Gasteiger partial charge in [0.2, 0.25) is 5.88 Å². The van der Waals surface area contributed by atoms with E-state index in [1.165, 1.54) is 19.2 Å². The summed E-state index contributed by atoms with van der Waals surface area (Å²) in [6, 6.07) is 25.1. The summed E-state index contributed by atoms with van der Waals surface area (Å²) in [5, 5.41) is 10.4. The molecule has 10 heteroatoms. The van der Waals surface area contributed by atoms with Crippen LogP contribution in [0.2, 0.25) is 5.02 Å². The van der Waals surface area contributed by atoms with Crippen molar-refractivity contribution < 1.29 is 32.9 Å². The number of halogens is 2. The number of nitrogens with two attached hydrogens (primary N) is 1. The van der Waals surface area contributed by atoms with Gasteiger partial charge < -0.3 is 29.4 Å². The Hall–Kier alpha value is -5.20. The molecule has 42 heavy (non-hydrogen) atoms. The summed E-state index contributed by atoms with van der Waals surface area (Å²) in [6.45, 7) is -0.336. The largest absolute Gasteiger partial charge is 0.493 e. The highest BCUT2D eigenvalue weighted by Crippen LogP contribution is 2.45. The highest BCUT2D eigenvalue weighted by atomic mass is 35.5. The number of carbonyl (C=O) groups excluding carboxylic acids is 1. The zero-order chi connectivity index (χ0) is 29.6. The number of rotatable bonds is 9. The summed E-state index contributed by atoms with van der Waals surface area (Å²) in [5.74, 6) is 0.0331. The third kappa shape index (κ3) is 6.24. The van der Waals surface area contributed by atoms with Crippen LogP contribution in [0.5, 0.6) is 28.7 Å². The van der Waals surface area contributed by atoms with Crippen molar-refractivity contribution in [1.82, 2.24) is 0 Å². The van der Waals surface area contributed by atoms with Crippen LogP contribution in [-0.4, -0.2) is 19.7 Å². The average molecular weight is 587 g/mol. The molecule has 0 aromatic heterocycles. The number of ether oxygens (including phenoxy) is 5. The van der Waals surface area contributed by atoms with Gasteiger partial charge in [0.15, 0.2) is 18.1 Å². The Labute approximate surface area is 246 Å². The molecule has 0 saturated carbocycles. The molecule has 8 nitrogen and oxygen atoms in total.